The fourth-order valence-electron chi connectivity index (χ4n) is 1.77. The Morgan fingerprint density at radius 1 is 1.11 bits per heavy atom. The zero-order valence-electron chi connectivity index (χ0n) is 12.4. The summed E-state index contributed by atoms with van der Waals surface area (Å²) in [6.07, 6.45) is 1.30. The van der Waals surface area contributed by atoms with Gasteiger partial charge < -0.3 is 10.1 Å². The van der Waals surface area contributed by atoms with Crippen LogP contribution in [0, 0.1) is 5.92 Å². The molecule has 0 aliphatic carbocycles. The van der Waals surface area contributed by atoms with E-state index in [1.165, 1.54) is 5.56 Å². The Kier molecular flexibility index (Phi) is 6.20. The summed E-state index contributed by atoms with van der Waals surface area (Å²) in [5, 5.41) is 3.55. The molecule has 0 amide bonds. The van der Waals surface area contributed by atoms with Gasteiger partial charge in [0.15, 0.2) is 0 Å². The lowest BCUT2D eigenvalue weighted by Crippen LogP contribution is -2.24. The zero-order chi connectivity index (χ0) is 13.5. The Hall–Kier alpha value is -1.02. The number of para-hydroxylation sites is 1. The van der Waals surface area contributed by atoms with E-state index in [0.29, 0.717) is 12.0 Å². The van der Waals surface area contributed by atoms with E-state index in [4.69, 9.17) is 4.74 Å². The minimum atomic E-state index is 0.267. The highest BCUT2D eigenvalue weighted by molar-refractivity contribution is 5.35. The minimum absolute atomic E-state index is 0.267. The van der Waals surface area contributed by atoms with Crippen LogP contribution in [-0.2, 0) is 0 Å². The van der Waals surface area contributed by atoms with Gasteiger partial charge in [-0.2, -0.15) is 0 Å². The first-order valence-electron chi connectivity index (χ1n) is 7.03. The van der Waals surface area contributed by atoms with Gasteiger partial charge in [0.2, 0.25) is 0 Å². The number of hydrogen-bond acceptors (Lipinski definition) is 2. The molecule has 1 rings (SSSR count). The van der Waals surface area contributed by atoms with Crippen LogP contribution in [0.15, 0.2) is 24.3 Å². The predicted molar refractivity (Wildman–Crippen MR) is 78.1 cm³/mol. The summed E-state index contributed by atoms with van der Waals surface area (Å²) < 4.78 is 5.98. The Balaban J connectivity index is 2.74. The molecule has 0 saturated carbocycles. The Morgan fingerprint density at radius 2 is 1.78 bits per heavy atom. The molecule has 0 saturated heterocycles. The second-order valence-corrected chi connectivity index (χ2v) is 5.40. The normalized spacial score (nSPS) is 14.6. The first-order valence-corrected chi connectivity index (χ1v) is 7.03. The van der Waals surface area contributed by atoms with Crippen molar-refractivity contribution in [1.29, 1.82) is 0 Å². The van der Waals surface area contributed by atoms with Gasteiger partial charge in [0.05, 0.1) is 6.10 Å². The molecule has 0 unspecified atom stereocenters. The summed E-state index contributed by atoms with van der Waals surface area (Å²) in [4.78, 5) is 0. The van der Waals surface area contributed by atoms with Crippen molar-refractivity contribution >= 4 is 0 Å². The van der Waals surface area contributed by atoms with Crippen LogP contribution >= 0.6 is 0 Å². The van der Waals surface area contributed by atoms with E-state index in [9.17, 15) is 0 Å². The molecule has 18 heavy (non-hydrogen) atoms. The van der Waals surface area contributed by atoms with Crippen molar-refractivity contribution in [2.75, 3.05) is 6.54 Å². The third-order valence-corrected chi connectivity index (χ3v) is 3.12. The number of rotatable bonds is 7. The van der Waals surface area contributed by atoms with Gasteiger partial charge >= 0.3 is 0 Å². The quantitative estimate of drug-likeness (QED) is 0.783. The lowest BCUT2D eigenvalue weighted by Gasteiger charge is -2.21. The molecule has 1 aromatic rings. The van der Waals surface area contributed by atoms with Gasteiger partial charge in [-0.05, 0) is 38.8 Å². The Morgan fingerprint density at radius 3 is 2.39 bits per heavy atom. The number of hydrogen-bond donors (Lipinski definition) is 1. The van der Waals surface area contributed by atoms with E-state index < -0.39 is 0 Å². The van der Waals surface area contributed by atoms with Crippen molar-refractivity contribution in [3.05, 3.63) is 29.8 Å². The van der Waals surface area contributed by atoms with Crippen molar-refractivity contribution in [1.82, 2.24) is 5.32 Å². The molecule has 1 aromatic carbocycles. The predicted octanol–water partition coefficient (Wildman–Crippen LogP) is 4.17. The number of nitrogens with one attached hydrogen (secondary N) is 1. The maximum Gasteiger partial charge on any atom is 0.124 e. The van der Waals surface area contributed by atoms with Crippen molar-refractivity contribution in [2.45, 2.75) is 53.2 Å². The third-order valence-electron chi connectivity index (χ3n) is 3.12. The molecule has 0 aliphatic heterocycles. The molecule has 0 heterocycles. The lowest BCUT2D eigenvalue weighted by atomic mass is 10.1. The van der Waals surface area contributed by atoms with Crippen LogP contribution in [0.25, 0.3) is 0 Å². The van der Waals surface area contributed by atoms with E-state index in [0.717, 1.165) is 18.7 Å². The molecule has 2 heteroatoms. The van der Waals surface area contributed by atoms with Crippen LogP contribution in [-0.4, -0.2) is 12.6 Å². The average molecular weight is 249 g/mol. The van der Waals surface area contributed by atoms with Gasteiger partial charge in [0.25, 0.3) is 0 Å². The van der Waals surface area contributed by atoms with E-state index in [2.05, 4.69) is 58.1 Å². The van der Waals surface area contributed by atoms with Crippen LogP contribution in [0.4, 0.5) is 0 Å². The molecular weight excluding hydrogens is 222 g/mol. The molecule has 0 spiro atoms. The maximum absolute atomic E-state index is 5.98. The summed E-state index contributed by atoms with van der Waals surface area (Å²) in [5.74, 6) is 1.67. The SMILES string of the molecule is CC[C@H](C)Oc1ccccc1[C@@H](C)NCC(C)C. The maximum atomic E-state index is 5.98. The summed E-state index contributed by atoms with van der Waals surface area (Å²) in [5.41, 5.74) is 1.25. The van der Waals surface area contributed by atoms with Gasteiger partial charge in [-0.1, -0.05) is 39.0 Å². The zero-order valence-corrected chi connectivity index (χ0v) is 12.4. The third kappa shape index (κ3) is 4.69. The van der Waals surface area contributed by atoms with Gasteiger partial charge in [-0.15, -0.1) is 0 Å². The van der Waals surface area contributed by atoms with Crippen LogP contribution in [0.2, 0.25) is 0 Å². The van der Waals surface area contributed by atoms with E-state index in [1.54, 1.807) is 0 Å². The van der Waals surface area contributed by atoms with Crippen molar-refractivity contribution in [3.8, 4) is 5.75 Å². The number of ether oxygens (including phenoxy) is 1. The molecule has 2 atom stereocenters. The Labute approximate surface area is 112 Å². The molecule has 0 fully saturated rings. The van der Waals surface area contributed by atoms with Crippen LogP contribution in [0.5, 0.6) is 5.75 Å². The van der Waals surface area contributed by atoms with Gasteiger partial charge in [-0.25, -0.2) is 0 Å². The Bertz CT molecular complexity index is 349. The standard InChI is InChI=1S/C16H27NO/c1-6-13(4)18-16-10-8-7-9-15(16)14(5)17-11-12(2)3/h7-10,12-14,17H,6,11H2,1-5H3/t13-,14+/m0/s1. The van der Waals surface area contributed by atoms with Crippen molar-refractivity contribution in [2.24, 2.45) is 5.92 Å². The highest BCUT2D eigenvalue weighted by Gasteiger charge is 2.12. The van der Waals surface area contributed by atoms with Crippen LogP contribution in [0.3, 0.4) is 0 Å². The van der Waals surface area contributed by atoms with E-state index >= 15 is 0 Å². The first kappa shape index (κ1) is 15.0. The first-order chi connectivity index (χ1) is 8.54. The fraction of sp³-hybridized carbons (Fsp3) is 0.625. The van der Waals surface area contributed by atoms with Gasteiger partial charge in [-0.3, -0.25) is 0 Å². The molecule has 0 aromatic heterocycles. The minimum Gasteiger partial charge on any atom is -0.490 e. The summed E-state index contributed by atoms with van der Waals surface area (Å²) in [7, 11) is 0. The van der Waals surface area contributed by atoms with Gasteiger partial charge in [0.1, 0.15) is 5.75 Å². The van der Waals surface area contributed by atoms with E-state index in [-0.39, 0.29) is 6.10 Å². The van der Waals surface area contributed by atoms with Crippen LogP contribution < -0.4 is 10.1 Å². The second kappa shape index (κ2) is 7.42. The largest absolute Gasteiger partial charge is 0.490 e. The molecule has 102 valence electrons. The van der Waals surface area contributed by atoms with Gasteiger partial charge in [0, 0.05) is 11.6 Å². The molecule has 2 nitrogen and oxygen atoms in total. The second-order valence-electron chi connectivity index (χ2n) is 5.40. The number of benzene rings is 1. The molecule has 1 N–H and O–H groups in total. The highest BCUT2D eigenvalue weighted by Crippen LogP contribution is 2.26. The summed E-state index contributed by atoms with van der Waals surface area (Å²) in [6, 6.07) is 8.65. The monoisotopic (exact) mass is 249 g/mol. The molecule has 0 aliphatic rings. The van der Waals surface area contributed by atoms with Crippen molar-refractivity contribution < 1.29 is 4.74 Å². The summed E-state index contributed by atoms with van der Waals surface area (Å²) >= 11 is 0. The molecular formula is C16H27NO. The van der Waals surface area contributed by atoms with Crippen molar-refractivity contribution in [3.63, 3.8) is 0 Å². The summed E-state index contributed by atoms with van der Waals surface area (Å²) in [6.45, 7) is 11.9. The topological polar surface area (TPSA) is 21.3 Å². The molecule has 0 radical (unpaired) electrons. The highest BCUT2D eigenvalue weighted by atomic mass is 16.5. The van der Waals surface area contributed by atoms with E-state index in [1.807, 2.05) is 6.07 Å². The van der Waals surface area contributed by atoms with Crippen LogP contribution in [0.1, 0.15) is 52.6 Å². The smallest absolute Gasteiger partial charge is 0.124 e. The molecule has 0 bridgehead atoms. The average Bonchev–Trinajstić information content (AvgIpc) is 2.36. The lowest BCUT2D eigenvalue weighted by molar-refractivity contribution is 0.213. The fourth-order valence-corrected chi connectivity index (χ4v) is 1.77.